The number of ether oxygens (including phenoxy) is 1. The van der Waals surface area contributed by atoms with Gasteiger partial charge in [0.1, 0.15) is 23.9 Å². The zero-order valence-corrected chi connectivity index (χ0v) is 20.7. The van der Waals surface area contributed by atoms with Crippen molar-refractivity contribution >= 4 is 12.1 Å². The Balaban J connectivity index is 1.27. The number of nitrogens with zero attached hydrogens (tertiary/aromatic N) is 3. The van der Waals surface area contributed by atoms with E-state index in [1.54, 1.807) is 41.1 Å². The Bertz CT molecular complexity index is 1540. The van der Waals surface area contributed by atoms with Gasteiger partial charge in [0.05, 0.1) is 11.9 Å². The molecule has 0 spiro atoms. The normalized spacial score (nSPS) is 11.0. The molecule has 188 valence electrons. The first-order valence-electron chi connectivity index (χ1n) is 12.1. The van der Waals surface area contributed by atoms with Crippen LogP contribution >= 0.6 is 0 Å². The Morgan fingerprint density at radius 3 is 2.37 bits per heavy atom. The van der Waals surface area contributed by atoms with Gasteiger partial charge in [0, 0.05) is 22.9 Å². The topological polar surface area (TPSA) is 68.5 Å². The van der Waals surface area contributed by atoms with Crippen molar-refractivity contribution in [2.24, 2.45) is 5.10 Å². The number of para-hydroxylation sites is 1. The monoisotopic (exact) mass is 504 g/mol. The predicted molar refractivity (Wildman–Crippen MR) is 146 cm³/mol. The number of aryl methyl sites for hydroxylation is 1. The summed E-state index contributed by atoms with van der Waals surface area (Å²) in [5.74, 6) is -0.0155. The average Bonchev–Trinajstić information content (AvgIpc) is 3.38. The van der Waals surface area contributed by atoms with E-state index in [1.807, 2.05) is 67.7 Å². The molecule has 0 bridgehead atoms. The van der Waals surface area contributed by atoms with Crippen LogP contribution in [0.25, 0.3) is 16.9 Å². The molecule has 0 saturated carbocycles. The minimum Gasteiger partial charge on any atom is -0.489 e. The summed E-state index contributed by atoms with van der Waals surface area (Å²) in [6.07, 6.45) is 3.34. The number of carbonyl (C=O) groups excluding carboxylic acids is 1. The highest BCUT2D eigenvalue weighted by atomic mass is 19.1. The van der Waals surface area contributed by atoms with Crippen LogP contribution in [0, 0.1) is 12.7 Å². The molecule has 1 N–H and O–H groups in total. The highest BCUT2D eigenvalue weighted by Crippen LogP contribution is 2.23. The van der Waals surface area contributed by atoms with Gasteiger partial charge in [0.25, 0.3) is 5.91 Å². The fourth-order valence-corrected chi connectivity index (χ4v) is 3.81. The summed E-state index contributed by atoms with van der Waals surface area (Å²) in [5.41, 5.74) is 8.15. The molecule has 4 aromatic carbocycles. The molecule has 0 aliphatic carbocycles. The lowest BCUT2D eigenvalue weighted by atomic mass is 10.1. The van der Waals surface area contributed by atoms with Gasteiger partial charge in [0.15, 0.2) is 0 Å². The fraction of sp³-hybridized carbons (Fsp3) is 0.0645. The van der Waals surface area contributed by atoms with Crippen molar-refractivity contribution in [1.29, 1.82) is 0 Å². The second-order valence-electron chi connectivity index (χ2n) is 8.72. The molecule has 6 nitrogen and oxygen atoms in total. The first-order valence-corrected chi connectivity index (χ1v) is 12.1. The highest BCUT2D eigenvalue weighted by Gasteiger charge is 2.12. The molecule has 5 aromatic rings. The van der Waals surface area contributed by atoms with E-state index in [1.165, 1.54) is 23.9 Å². The van der Waals surface area contributed by atoms with Crippen LogP contribution in [0.15, 0.2) is 114 Å². The molecule has 0 aliphatic rings. The van der Waals surface area contributed by atoms with Crippen LogP contribution in [0.3, 0.4) is 0 Å². The standard InChI is InChI=1S/C31H25FN4O2/c1-22-7-9-23(10-8-22)21-38-29-17-13-25(14-18-29)31(37)34-33-19-26-20-36(28-5-3-2-4-6-28)35-30(26)24-11-15-27(32)16-12-24/h2-20H,21H2,1H3,(H,34,37)/b33-19+. The molecule has 1 aromatic heterocycles. The quantitative estimate of drug-likeness (QED) is 0.198. The first kappa shape index (κ1) is 24.6. The number of amides is 1. The van der Waals surface area contributed by atoms with Crippen molar-refractivity contribution in [3.8, 4) is 22.7 Å². The maximum atomic E-state index is 13.5. The van der Waals surface area contributed by atoms with Crippen molar-refractivity contribution in [3.05, 3.63) is 137 Å². The lowest BCUT2D eigenvalue weighted by molar-refractivity contribution is 0.0955. The van der Waals surface area contributed by atoms with E-state index < -0.39 is 0 Å². The molecule has 0 saturated heterocycles. The molecule has 0 aliphatic heterocycles. The molecule has 7 heteroatoms. The number of carbonyl (C=O) groups is 1. The molecule has 0 fully saturated rings. The molecule has 1 heterocycles. The minimum atomic E-state index is -0.356. The number of hydrazone groups is 1. The second-order valence-corrected chi connectivity index (χ2v) is 8.72. The molecule has 1 amide bonds. The van der Waals surface area contributed by atoms with Crippen LogP contribution in [-0.4, -0.2) is 21.9 Å². The molecule has 5 rings (SSSR count). The van der Waals surface area contributed by atoms with Crippen molar-refractivity contribution in [1.82, 2.24) is 15.2 Å². The van der Waals surface area contributed by atoms with Gasteiger partial charge >= 0.3 is 0 Å². The molecular formula is C31H25FN4O2. The number of benzene rings is 4. The average molecular weight is 505 g/mol. The fourth-order valence-electron chi connectivity index (χ4n) is 3.81. The number of hydrogen-bond donors (Lipinski definition) is 1. The van der Waals surface area contributed by atoms with Crippen LogP contribution in [0.1, 0.15) is 27.0 Å². The van der Waals surface area contributed by atoms with Crippen molar-refractivity contribution in [2.45, 2.75) is 13.5 Å². The van der Waals surface area contributed by atoms with Gasteiger partial charge in [-0.1, -0.05) is 48.0 Å². The van der Waals surface area contributed by atoms with E-state index in [2.05, 4.69) is 15.6 Å². The maximum absolute atomic E-state index is 13.5. The summed E-state index contributed by atoms with van der Waals surface area (Å²) in [4.78, 5) is 12.6. The van der Waals surface area contributed by atoms with Crippen molar-refractivity contribution in [3.63, 3.8) is 0 Å². The Labute approximate surface area is 220 Å². The smallest absolute Gasteiger partial charge is 0.271 e. The summed E-state index contributed by atoms with van der Waals surface area (Å²) in [7, 11) is 0. The van der Waals surface area contributed by atoms with Gasteiger partial charge in [-0.15, -0.1) is 0 Å². The van der Waals surface area contributed by atoms with E-state index in [9.17, 15) is 9.18 Å². The van der Waals surface area contributed by atoms with Gasteiger partial charge in [0.2, 0.25) is 0 Å². The third-order valence-electron chi connectivity index (χ3n) is 5.89. The summed E-state index contributed by atoms with van der Waals surface area (Å²) in [6.45, 7) is 2.49. The molecule has 0 unspecified atom stereocenters. The Kier molecular flexibility index (Phi) is 7.36. The van der Waals surface area contributed by atoms with Crippen molar-refractivity contribution in [2.75, 3.05) is 0 Å². The maximum Gasteiger partial charge on any atom is 0.271 e. The first-order chi connectivity index (χ1) is 18.5. The minimum absolute atomic E-state index is 0.328. The van der Waals surface area contributed by atoms with Crippen LogP contribution in [0.2, 0.25) is 0 Å². The van der Waals surface area contributed by atoms with Gasteiger partial charge in [-0.05, 0) is 73.2 Å². The summed E-state index contributed by atoms with van der Waals surface area (Å²) in [5, 5.41) is 8.82. The number of halogens is 1. The van der Waals surface area contributed by atoms with Gasteiger partial charge in [-0.25, -0.2) is 14.5 Å². The predicted octanol–water partition coefficient (Wildman–Crippen LogP) is 6.33. The summed E-state index contributed by atoms with van der Waals surface area (Å²) in [6, 6.07) is 30.7. The summed E-state index contributed by atoms with van der Waals surface area (Å²) < 4.78 is 21.0. The van der Waals surface area contributed by atoms with Gasteiger partial charge < -0.3 is 4.74 Å². The van der Waals surface area contributed by atoms with Gasteiger partial charge in [-0.3, -0.25) is 4.79 Å². The third-order valence-corrected chi connectivity index (χ3v) is 5.89. The Hall–Kier alpha value is -5.04. The third kappa shape index (κ3) is 6.02. The number of aromatic nitrogens is 2. The molecular weight excluding hydrogens is 479 g/mol. The highest BCUT2D eigenvalue weighted by molar-refractivity contribution is 5.95. The zero-order valence-electron chi connectivity index (χ0n) is 20.7. The van der Waals surface area contributed by atoms with E-state index in [0.717, 1.165) is 16.8 Å². The Morgan fingerprint density at radius 2 is 1.66 bits per heavy atom. The van der Waals surface area contributed by atoms with Gasteiger partial charge in [-0.2, -0.15) is 10.2 Å². The second kappa shape index (κ2) is 11.3. The molecule has 0 atom stereocenters. The zero-order chi connectivity index (χ0) is 26.3. The molecule has 0 radical (unpaired) electrons. The van der Waals surface area contributed by atoms with Crippen LogP contribution in [0.4, 0.5) is 4.39 Å². The van der Waals surface area contributed by atoms with E-state index in [-0.39, 0.29) is 11.7 Å². The van der Waals surface area contributed by atoms with E-state index >= 15 is 0 Å². The number of nitrogens with one attached hydrogen (secondary N) is 1. The van der Waals surface area contributed by atoms with E-state index in [0.29, 0.717) is 29.2 Å². The summed E-state index contributed by atoms with van der Waals surface area (Å²) >= 11 is 0. The number of rotatable bonds is 8. The number of hydrogen-bond acceptors (Lipinski definition) is 4. The largest absolute Gasteiger partial charge is 0.489 e. The lowest BCUT2D eigenvalue weighted by Gasteiger charge is -2.07. The van der Waals surface area contributed by atoms with Crippen LogP contribution in [-0.2, 0) is 6.61 Å². The lowest BCUT2D eigenvalue weighted by Crippen LogP contribution is -2.17. The SMILES string of the molecule is Cc1ccc(COc2ccc(C(=O)N/N=C/c3cn(-c4ccccc4)nc3-c3ccc(F)cc3)cc2)cc1. The Morgan fingerprint density at radius 1 is 0.947 bits per heavy atom. The van der Waals surface area contributed by atoms with E-state index in [4.69, 9.17) is 4.74 Å². The van der Waals surface area contributed by atoms with Crippen LogP contribution < -0.4 is 10.2 Å². The molecule has 38 heavy (non-hydrogen) atoms. The van der Waals surface area contributed by atoms with Crippen LogP contribution in [0.5, 0.6) is 5.75 Å². The van der Waals surface area contributed by atoms with Crippen molar-refractivity contribution < 1.29 is 13.9 Å².